The minimum absolute atomic E-state index is 0.406. The Morgan fingerprint density at radius 3 is 2.76 bits per heavy atom. The summed E-state index contributed by atoms with van der Waals surface area (Å²) in [5, 5.41) is 8.32. The van der Waals surface area contributed by atoms with Crippen molar-refractivity contribution in [2.75, 3.05) is 23.4 Å². The van der Waals surface area contributed by atoms with Crippen LogP contribution in [0.3, 0.4) is 0 Å². The molecule has 1 fully saturated rings. The number of hydrogen-bond donors (Lipinski definition) is 2. The second kappa shape index (κ2) is 6.24. The van der Waals surface area contributed by atoms with Crippen molar-refractivity contribution in [1.29, 1.82) is 0 Å². The Labute approximate surface area is 128 Å². The molecule has 0 spiro atoms. The Bertz CT molecular complexity index is 598. The lowest BCUT2D eigenvalue weighted by Crippen LogP contribution is -2.33. The van der Waals surface area contributed by atoms with Crippen molar-refractivity contribution in [3.8, 4) is 0 Å². The molecule has 110 valence electrons. The Morgan fingerprint density at radius 1 is 1.29 bits per heavy atom. The molecule has 0 aromatic carbocycles. The number of anilines is 2. The van der Waals surface area contributed by atoms with Gasteiger partial charge < -0.3 is 10.3 Å². The molecule has 3 N–H and O–H groups in total. The number of nitrogens with zero attached hydrogens (tertiary/aromatic N) is 4. The standard InChI is InChI=1S/C14H17ClN6/c15-13-12(9-18-20-14(13)19-16)21-6-3-10(4-7-21)11-2-1-5-17-8-11/h1-2,5,8-10H,3-4,6-7,16H2,(H,19,20). The van der Waals surface area contributed by atoms with E-state index in [4.69, 9.17) is 17.4 Å². The maximum Gasteiger partial charge on any atom is 0.183 e. The first kappa shape index (κ1) is 14.0. The number of aromatic nitrogens is 3. The third-order valence-electron chi connectivity index (χ3n) is 3.90. The molecular weight excluding hydrogens is 288 g/mol. The summed E-state index contributed by atoms with van der Waals surface area (Å²) in [4.78, 5) is 6.43. The highest BCUT2D eigenvalue weighted by Gasteiger charge is 2.23. The van der Waals surface area contributed by atoms with Gasteiger partial charge >= 0.3 is 0 Å². The molecule has 1 aliphatic rings. The van der Waals surface area contributed by atoms with E-state index in [1.165, 1.54) is 5.56 Å². The molecule has 3 heterocycles. The number of nitrogens with two attached hydrogens (primary N) is 1. The van der Waals surface area contributed by atoms with E-state index in [-0.39, 0.29) is 0 Å². The number of hydrazine groups is 1. The summed E-state index contributed by atoms with van der Waals surface area (Å²) in [6.07, 6.45) is 7.58. The van der Waals surface area contributed by atoms with E-state index in [0.29, 0.717) is 16.8 Å². The minimum Gasteiger partial charge on any atom is -0.369 e. The number of halogens is 1. The largest absolute Gasteiger partial charge is 0.369 e. The highest BCUT2D eigenvalue weighted by Crippen LogP contribution is 2.34. The summed E-state index contributed by atoms with van der Waals surface area (Å²) in [6.45, 7) is 1.85. The lowest BCUT2D eigenvalue weighted by atomic mass is 9.90. The molecule has 0 saturated carbocycles. The predicted molar refractivity (Wildman–Crippen MR) is 83.3 cm³/mol. The number of nitrogen functional groups attached to an aromatic ring is 1. The first-order chi connectivity index (χ1) is 10.3. The van der Waals surface area contributed by atoms with Crippen LogP contribution in [0.15, 0.2) is 30.7 Å². The van der Waals surface area contributed by atoms with E-state index >= 15 is 0 Å². The Kier molecular flexibility index (Phi) is 4.17. The molecule has 2 aromatic heterocycles. The van der Waals surface area contributed by atoms with Gasteiger partial charge in [-0.05, 0) is 30.4 Å². The van der Waals surface area contributed by atoms with Gasteiger partial charge in [0.05, 0.1) is 11.9 Å². The zero-order valence-electron chi connectivity index (χ0n) is 11.5. The summed E-state index contributed by atoms with van der Waals surface area (Å²) < 4.78 is 0. The fraction of sp³-hybridized carbons (Fsp3) is 0.357. The maximum atomic E-state index is 6.30. The fourth-order valence-corrected chi connectivity index (χ4v) is 3.01. The monoisotopic (exact) mass is 304 g/mol. The van der Waals surface area contributed by atoms with Gasteiger partial charge in [-0.3, -0.25) is 4.98 Å². The van der Waals surface area contributed by atoms with E-state index in [0.717, 1.165) is 31.6 Å². The summed E-state index contributed by atoms with van der Waals surface area (Å²) in [5.41, 5.74) is 4.65. The van der Waals surface area contributed by atoms with Gasteiger partial charge in [-0.2, -0.15) is 5.10 Å². The summed E-state index contributed by atoms with van der Waals surface area (Å²) >= 11 is 6.30. The fourth-order valence-electron chi connectivity index (χ4n) is 2.75. The SMILES string of the molecule is NNc1nncc(N2CCC(c3cccnc3)CC2)c1Cl. The van der Waals surface area contributed by atoms with Gasteiger partial charge in [0.25, 0.3) is 0 Å². The average Bonchev–Trinajstić information content (AvgIpc) is 2.56. The van der Waals surface area contributed by atoms with Crippen LogP contribution in [-0.2, 0) is 0 Å². The van der Waals surface area contributed by atoms with Crippen molar-refractivity contribution in [2.24, 2.45) is 5.84 Å². The van der Waals surface area contributed by atoms with Gasteiger partial charge in [-0.1, -0.05) is 17.7 Å². The number of piperidine rings is 1. The van der Waals surface area contributed by atoms with Crippen LogP contribution in [0.4, 0.5) is 11.5 Å². The van der Waals surface area contributed by atoms with Gasteiger partial charge in [0.15, 0.2) is 5.82 Å². The minimum atomic E-state index is 0.406. The summed E-state index contributed by atoms with van der Waals surface area (Å²) in [7, 11) is 0. The second-order valence-electron chi connectivity index (χ2n) is 5.08. The number of hydrogen-bond acceptors (Lipinski definition) is 6. The zero-order chi connectivity index (χ0) is 14.7. The average molecular weight is 305 g/mol. The van der Waals surface area contributed by atoms with Gasteiger partial charge in [0, 0.05) is 25.5 Å². The highest BCUT2D eigenvalue weighted by atomic mass is 35.5. The third kappa shape index (κ3) is 2.91. The van der Waals surface area contributed by atoms with E-state index in [9.17, 15) is 0 Å². The lowest BCUT2D eigenvalue weighted by Gasteiger charge is -2.34. The molecule has 0 radical (unpaired) electrons. The molecular formula is C14H17ClN6. The topological polar surface area (TPSA) is 80.0 Å². The van der Waals surface area contributed by atoms with Crippen LogP contribution in [0.2, 0.25) is 5.02 Å². The van der Waals surface area contributed by atoms with Crippen molar-refractivity contribution < 1.29 is 0 Å². The molecule has 1 aliphatic heterocycles. The quantitative estimate of drug-likeness (QED) is 0.668. The van der Waals surface area contributed by atoms with Crippen LogP contribution in [0, 0.1) is 0 Å². The molecule has 0 amide bonds. The molecule has 21 heavy (non-hydrogen) atoms. The lowest BCUT2D eigenvalue weighted by molar-refractivity contribution is 0.504. The molecule has 0 unspecified atom stereocenters. The molecule has 7 heteroatoms. The van der Waals surface area contributed by atoms with Crippen molar-refractivity contribution in [3.63, 3.8) is 0 Å². The second-order valence-corrected chi connectivity index (χ2v) is 5.46. The summed E-state index contributed by atoms with van der Waals surface area (Å²) in [6, 6.07) is 4.13. The van der Waals surface area contributed by atoms with Gasteiger partial charge in [0.1, 0.15) is 5.02 Å². The molecule has 1 saturated heterocycles. The molecule has 6 nitrogen and oxygen atoms in total. The van der Waals surface area contributed by atoms with Crippen LogP contribution >= 0.6 is 11.6 Å². The van der Waals surface area contributed by atoms with Crippen molar-refractivity contribution >= 4 is 23.1 Å². The van der Waals surface area contributed by atoms with Crippen LogP contribution in [0.5, 0.6) is 0 Å². The van der Waals surface area contributed by atoms with Crippen molar-refractivity contribution in [3.05, 3.63) is 41.3 Å². The van der Waals surface area contributed by atoms with E-state index in [1.54, 1.807) is 6.20 Å². The van der Waals surface area contributed by atoms with Crippen molar-refractivity contribution in [2.45, 2.75) is 18.8 Å². The number of nitrogens with one attached hydrogen (secondary N) is 1. The van der Waals surface area contributed by atoms with Gasteiger partial charge in [-0.25, -0.2) is 5.84 Å². The van der Waals surface area contributed by atoms with Crippen molar-refractivity contribution in [1.82, 2.24) is 15.2 Å². The van der Waals surface area contributed by atoms with Crippen LogP contribution < -0.4 is 16.2 Å². The van der Waals surface area contributed by atoms with E-state index in [2.05, 4.69) is 31.6 Å². The van der Waals surface area contributed by atoms with E-state index in [1.807, 2.05) is 18.5 Å². The number of pyridine rings is 1. The van der Waals surface area contributed by atoms with Gasteiger partial charge in [-0.15, -0.1) is 5.10 Å². The molecule has 2 aromatic rings. The Hall–Kier alpha value is -1.92. The molecule has 0 bridgehead atoms. The summed E-state index contributed by atoms with van der Waals surface area (Å²) in [5.74, 6) is 6.34. The first-order valence-corrected chi connectivity index (χ1v) is 7.30. The normalized spacial score (nSPS) is 16.0. The first-order valence-electron chi connectivity index (χ1n) is 6.92. The third-order valence-corrected chi connectivity index (χ3v) is 4.27. The highest BCUT2D eigenvalue weighted by molar-refractivity contribution is 6.35. The maximum absolute atomic E-state index is 6.30. The molecule has 3 rings (SSSR count). The predicted octanol–water partition coefficient (Wildman–Crippen LogP) is 2.19. The van der Waals surface area contributed by atoms with Crippen LogP contribution in [0.25, 0.3) is 0 Å². The molecule has 0 atom stereocenters. The van der Waals surface area contributed by atoms with Crippen LogP contribution in [-0.4, -0.2) is 28.3 Å². The van der Waals surface area contributed by atoms with Crippen LogP contribution in [0.1, 0.15) is 24.3 Å². The Morgan fingerprint density at radius 2 is 2.10 bits per heavy atom. The number of rotatable bonds is 3. The molecule has 0 aliphatic carbocycles. The smallest absolute Gasteiger partial charge is 0.183 e. The van der Waals surface area contributed by atoms with Gasteiger partial charge in [0.2, 0.25) is 0 Å². The zero-order valence-corrected chi connectivity index (χ0v) is 12.3. The Balaban J connectivity index is 1.72. The van der Waals surface area contributed by atoms with E-state index < -0.39 is 0 Å².